The van der Waals surface area contributed by atoms with E-state index in [4.69, 9.17) is 10.6 Å². The van der Waals surface area contributed by atoms with E-state index in [9.17, 15) is 19.5 Å². The zero-order valence-electron chi connectivity index (χ0n) is 18.5. The topological polar surface area (TPSA) is 147 Å². The highest BCUT2D eigenvalue weighted by molar-refractivity contribution is 14.0. The predicted molar refractivity (Wildman–Crippen MR) is 135 cm³/mol. The average Bonchev–Trinajstić information content (AvgIpc) is 3.37. The largest absolute Gasteiger partial charge is 1.00 e. The smallest absolute Gasteiger partial charge is 0.352 e. The number of nitrogen functional groups attached to an aromatic ring is 1. The van der Waals surface area contributed by atoms with Crippen LogP contribution in [0.4, 0.5) is 5.13 Å². The minimum Gasteiger partial charge on any atom is -1.00 e. The van der Waals surface area contributed by atoms with Gasteiger partial charge in [-0.05, 0) is 0 Å². The lowest BCUT2D eigenvalue weighted by Crippen LogP contribution is -3.00. The summed E-state index contributed by atoms with van der Waals surface area (Å²) < 4.78 is 0.785. The van der Waals surface area contributed by atoms with Crippen LogP contribution in [0.3, 0.4) is 0 Å². The number of aliphatic carboxylic acids is 1. The Labute approximate surface area is 228 Å². The molecule has 0 spiro atoms. The van der Waals surface area contributed by atoms with Gasteiger partial charge in [0.1, 0.15) is 36.5 Å². The molecule has 1 aromatic heterocycles. The zero-order valence-corrected chi connectivity index (χ0v) is 23.2. The number of β-lactam (4-membered cyclic amide) rings is 1. The number of carboxylic acids is 1. The SMILES string of the molecule is CO/N=C(\C(=O)N[C@@H]1C(=O)N2C(C(=O)O)=C(C[N+]3(C)CCCC3)CS[C@H]12)c1csc(N)n1.I.[Cl-]. The van der Waals surface area contributed by atoms with Gasteiger partial charge in [0.2, 0.25) is 0 Å². The van der Waals surface area contributed by atoms with Gasteiger partial charge in [-0.15, -0.1) is 47.1 Å². The molecule has 4 N–H and O–H groups in total. The van der Waals surface area contributed by atoms with Crippen molar-refractivity contribution in [3.05, 3.63) is 22.3 Å². The number of anilines is 1. The van der Waals surface area contributed by atoms with E-state index in [2.05, 4.69) is 22.5 Å². The molecule has 0 saturated carbocycles. The van der Waals surface area contributed by atoms with Gasteiger partial charge in [0.15, 0.2) is 10.8 Å². The normalized spacial score (nSPS) is 23.3. The monoisotopic (exact) mass is 644 g/mol. The van der Waals surface area contributed by atoms with Crippen LogP contribution in [0.25, 0.3) is 0 Å². The molecule has 11 nitrogen and oxygen atoms in total. The van der Waals surface area contributed by atoms with Crippen LogP contribution in [0.1, 0.15) is 18.5 Å². The average molecular weight is 645 g/mol. The number of amides is 2. The molecule has 4 heterocycles. The number of nitrogens with zero attached hydrogens (tertiary/aromatic N) is 4. The first-order valence-electron chi connectivity index (χ1n) is 10.1. The molecule has 0 aliphatic carbocycles. The molecule has 0 unspecified atom stereocenters. The lowest BCUT2D eigenvalue weighted by molar-refractivity contribution is -0.893. The number of oxime groups is 1. The van der Waals surface area contributed by atoms with Crippen LogP contribution in [0, 0.1) is 0 Å². The van der Waals surface area contributed by atoms with Gasteiger partial charge in [-0.1, -0.05) is 5.16 Å². The molecule has 2 amide bonds. The number of thioether (sulfide) groups is 1. The molecule has 0 aromatic carbocycles. The number of nitrogens with two attached hydrogens (primary N) is 1. The van der Waals surface area contributed by atoms with Crippen molar-refractivity contribution in [1.29, 1.82) is 0 Å². The third-order valence-electron chi connectivity index (χ3n) is 5.92. The zero-order chi connectivity index (χ0) is 23.0. The van der Waals surface area contributed by atoms with Gasteiger partial charge in [0.05, 0.1) is 20.1 Å². The van der Waals surface area contributed by atoms with Crippen LogP contribution in [0.2, 0.25) is 0 Å². The lowest BCUT2D eigenvalue weighted by atomic mass is 10.0. The van der Waals surface area contributed by atoms with E-state index in [0.717, 1.165) is 47.3 Å². The van der Waals surface area contributed by atoms with E-state index < -0.39 is 29.2 Å². The predicted octanol–water partition coefficient (Wildman–Crippen LogP) is -2.32. The van der Waals surface area contributed by atoms with Gasteiger partial charge in [-0.3, -0.25) is 14.5 Å². The number of thiazole rings is 1. The van der Waals surface area contributed by atoms with Crippen LogP contribution >= 0.6 is 47.1 Å². The fourth-order valence-corrected chi connectivity index (χ4v) is 6.31. The Morgan fingerprint density at radius 1 is 1.41 bits per heavy atom. The van der Waals surface area contributed by atoms with E-state index in [1.807, 2.05) is 0 Å². The van der Waals surface area contributed by atoms with E-state index in [-0.39, 0.29) is 58.6 Å². The van der Waals surface area contributed by atoms with Crippen molar-refractivity contribution in [3.8, 4) is 0 Å². The molecule has 34 heavy (non-hydrogen) atoms. The Morgan fingerprint density at radius 2 is 2.09 bits per heavy atom. The Kier molecular flexibility index (Phi) is 9.60. The molecule has 15 heteroatoms. The van der Waals surface area contributed by atoms with Crippen LogP contribution in [-0.4, -0.2) is 93.9 Å². The summed E-state index contributed by atoms with van der Waals surface area (Å²) in [7, 11) is 3.42. The molecule has 2 atom stereocenters. The van der Waals surface area contributed by atoms with Crippen molar-refractivity contribution in [2.24, 2.45) is 5.16 Å². The quantitative estimate of drug-likeness (QED) is 0.0986. The van der Waals surface area contributed by atoms with E-state index in [0.29, 0.717) is 12.3 Å². The minimum absolute atomic E-state index is 0. The van der Waals surface area contributed by atoms with Gasteiger partial charge in [-0.2, -0.15) is 0 Å². The molecule has 4 rings (SSSR count). The van der Waals surface area contributed by atoms with Crippen LogP contribution < -0.4 is 23.5 Å². The molecule has 188 valence electrons. The number of nitrogens with one attached hydrogen (secondary N) is 1. The fourth-order valence-electron chi connectivity index (χ4n) is 4.42. The molecule has 2 fully saturated rings. The third-order valence-corrected chi connectivity index (χ3v) is 7.93. The summed E-state index contributed by atoms with van der Waals surface area (Å²) in [5.41, 5.74) is 6.59. The molecule has 3 aliphatic heterocycles. The lowest BCUT2D eigenvalue weighted by Gasteiger charge is -2.49. The van der Waals surface area contributed by atoms with Crippen molar-refractivity contribution in [2.45, 2.75) is 24.3 Å². The number of aromatic nitrogens is 1. The Hall–Kier alpha value is -1.62. The standard InChI is InChI=1S/C19H24N6O5S2.ClH.HI/c1-25(5-3-4-6-25)7-10-8-31-17-13(16(27)24(17)14(10)18(28)29)22-15(26)12(23-30-2)11-9-32-19(20)21-11;;/h9,13,17H,3-8H2,1-2H3,(H3-,20,21,22,26,28,29);2*1H/b23-12-;;/t13-,17-;;/m1../s1. The van der Waals surface area contributed by atoms with Crippen LogP contribution in [0.15, 0.2) is 21.8 Å². The van der Waals surface area contributed by atoms with E-state index >= 15 is 0 Å². The minimum atomic E-state index is -1.12. The summed E-state index contributed by atoms with van der Waals surface area (Å²) in [5, 5.41) is 17.6. The maximum atomic E-state index is 12.9. The van der Waals surface area contributed by atoms with Crippen molar-refractivity contribution in [3.63, 3.8) is 0 Å². The fraction of sp³-hybridized carbons (Fsp3) is 0.526. The number of carbonyl (C=O) groups is 3. The molecule has 0 bridgehead atoms. The van der Waals surface area contributed by atoms with Crippen LogP contribution in [-0.2, 0) is 19.2 Å². The Morgan fingerprint density at radius 3 is 2.65 bits per heavy atom. The first-order valence-corrected chi connectivity index (χ1v) is 12.0. The second kappa shape index (κ2) is 11.4. The second-order valence-corrected chi connectivity index (χ2v) is 10.2. The third kappa shape index (κ3) is 5.45. The van der Waals surface area contributed by atoms with Gasteiger partial charge in [0, 0.05) is 29.5 Å². The van der Waals surface area contributed by atoms with Crippen molar-refractivity contribution in [2.75, 3.05) is 45.3 Å². The van der Waals surface area contributed by atoms with Gasteiger partial charge in [0.25, 0.3) is 11.8 Å². The number of carboxylic acid groups (broad SMARTS) is 1. The number of likely N-dealkylation sites (tertiary alicyclic amines) is 1. The summed E-state index contributed by atoms with van der Waals surface area (Å²) in [4.78, 5) is 47.9. The van der Waals surface area contributed by atoms with Crippen molar-refractivity contribution < 1.29 is 41.2 Å². The Balaban J connectivity index is 0.00000204. The highest BCUT2D eigenvalue weighted by Gasteiger charge is 2.55. The summed E-state index contributed by atoms with van der Waals surface area (Å²) in [5.74, 6) is -1.71. The van der Waals surface area contributed by atoms with Gasteiger partial charge >= 0.3 is 5.97 Å². The number of halogens is 2. The number of fused-ring (bicyclic) bond motifs is 1. The number of rotatable bonds is 7. The highest BCUT2D eigenvalue weighted by Crippen LogP contribution is 2.41. The molecule has 2 saturated heterocycles. The summed E-state index contributed by atoms with van der Waals surface area (Å²) in [6.45, 7) is 2.61. The summed E-state index contributed by atoms with van der Waals surface area (Å²) in [6, 6.07) is -0.863. The highest BCUT2D eigenvalue weighted by atomic mass is 127. The number of hydrogen-bond acceptors (Lipinski definition) is 9. The Bertz CT molecular complexity index is 1030. The van der Waals surface area contributed by atoms with E-state index in [1.54, 1.807) is 5.38 Å². The molecular formula is C19H26ClIN6O5S2. The first kappa shape index (κ1) is 28.6. The van der Waals surface area contributed by atoms with Crippen molar-refractivity contribution in [1.82, 2.24) is 15.2 Å². The number of hydrogen-bond donors (Lipinski definition) is 3. The van der Waals surface area contributed by atoms with Crippen molar-refractivity contribution >= 4 is 75.7 Å². The summed E-state index contributed by atoms with van der Waals surface area (Å²) >= 11 is 2.61. The molecule has 0 radical (unpaired) electrons. The molecular weight excluding hydrogens is 619 g/mol. The molecule has 1 aromatic rings. The molecule has 3 aliphatic rings. The van der Waals surface area contributed by atoms with E-state index in [1.165, 1.54) is 23.8 Å². The number of carbonyl (C=O) groups excluding carboxylic acids is 2. The number of likely N-dealkylation sites (N-methyl/N-ethyl adjacent to an activating group) is 1. The summed E-state index contributed by atoms with van der Waals surface area (Å²) in [6.07, 6.45) is 2.24. The second-order valence-electron chi connectivity index (χ2n) is 8.24. The maximum absolute atomic E-state index is 12.9. The first-order chi connectivity index (χ1) is 15.2. The van der Waals surface area contributed by atoms with Crippen LogP contribution in [0.5, 0.6) is 0 Å². The maximum Gasteiger partial charge on any atom is 0.352 e. The van der Waals surface area contributed by atoms with Gasteiger partial charge < -0.3 is 37.9 Å². The number of quaternary nitrogens is 1. The van der Waals surface area contributed by atoms with Gasteiger partial charge in [-0.25, -0.2) is 9.78 Å².